The second-order valence-electron chi connectivity index (χ2n) is 4.20. The number of nitrogens with zero attached hydrogens (tertiary/aromatic N) is 3. The van der Waals surface area contributed by atoms with Crippen LogP contribution >= 0.6 is 0 Å². The van der Waals surface area contributed by atoms with Gasteiger partial charge in [-0.1, -0.05) is 30.3 Å². The molecule has 5 heteroatoms. The monoisotopic (exact) mass is 253 g/mol. The first-order chi connectivity index (χ1) is 9.16. The van der Waals surface area contributed by atoms with Gasteiger partial charge in [0.1, 0.15) is 11.4 Å². The van der Waals surface area contributed by atoms with Crippen LogP contribution in [0.2, 0.25) is 0 Å². The van der Waals surface area contributed by atoms with Crippen LogP contribution in [0.1, 0.15) is 16.2 Å². The van der Waals surface area contributed by atoms with Crippen LogP contribution in [-0.4, -0.2) is 25.7 Å². The fourth-order valence-electron chi connectivity index (χ4n) is 2.06. The van der Waals surface area contributed by atoms with Gasteiger partial charge in [-0.3, -0.25) is 0 Å². The highest BCUT2D eigenvalue weighted by Gasteiger charge is 2.15. The van der Waals surface area contributed by atoms with Gasteiger partial charge in [0.15, 0.2) is 5.65 Å². The van der Waals surface area contributed by atoms with E-state index in [1.807, 2.05) is 30.3 Å². The number of carboxylic acids is 1. The van der Waals surface area contributed by atoms with Gasteiger partial charge in [-0.25, -0.2) is 14.3 Å². The third-order valence-electron chi connectivity index (χ3n) is 2.89. The predicted octanol–water partition coefficient (Wildman–Crippen LogP) is 2.40. The Kier molecular flexibility index (Phi) is 2.52. The maximum absolute atomic E-state index is 11.2. The molecule has 0 saturated carbocycles. The van der Waals surface area contributed by atoms with E-state index in [-0.39, 0.29) is 5.56 Å². The number of carbonyl (C=O) groups is 1. The third-order valence-corrected chi connectivity index (χ3v) is 2.89. The first-order valence-corrected chi connectivity index (χ1v) is 5.82. The van der Waals surface area contributed by atoms with E-state index in [9.17, 15) is 9.90 Å². The molecule has 0 aliphatic carbocycles. The van der Waals surface area contributed by atoms with Crippen LogP contribution in [0.25, 0.3) is 16.9 Å². The molecule has 94 valence electrons. The van der Waals surface area contributed by atoms with Crippen LogP contribution < -0.4 is 0 Å². The Morgan fingerprint density at radius 2 is 1.89 bits per heavy atom. The molecule has 0 bridgehead atoms. The van der Waals surface area contributed by atoms with Crippen LogP contribution in [0.3, 0.4) is 0 Å². The van der Waals surface area contributed by atoms with Gasteiger partial charge in [0, 0.05) is 5.56 Å². The second kappa shape index (κ2) is 4.20. The van der Waals surface area contributed by atoms with Gasteiger partial charge >= 0.3 is 5.97 Å². The molecular formula is C14H11N3O2. The Morgan fingerprint density at radius 1 is 1.16 bits per heavy atom. The molecule has 0 atom stereocenters. The van der Waals surface area contributed by atoms with Gasteiger partial charge in [0.05, 0.1) is 5.69 Å². The van der Waals surface area contributed by atoms with Gasteiger partial charge in [-0.2, -0.15) is 5.10 Å². The minimum absolute atomic E-state index is 0.153. The summed E-state index contributed by atoms with van der Waals surface area (Å²) >= 11 is 0. The molecule has 0 spiro atoms. The summed E-state index contributed by atoms with van der Waals surface area (Å²) in [7, 11) is 0. The Morgan fingerprint density at radius 3 is 2.58 bits per heavy atom. The summed E-state index contributed by atoms with van der Waals surface area (Å²) in [6, 6.07) is 13.0. The summed E-state index contributed by atoms with van der Waals surface area (Å²) in [5, 5.41) is 13.4. The van der Waals surface area contributed by atoms with Crippen molar-refractivity contribution >= 4 is 11.6 Å². The first kappa shape index (κ1) is 11.4. The van der Waals surface area contributed by atoms with Crippen molar-refractivity contribution in [2.75, 3.05) is 0 Å². The molecule has 1 aromatic carbocycles. The number of aromatic nitrogens is 3. The molecule has 0 saturated heterocycles. The Balaban J connectivity index is 2.34. The number of aromatic carboxylic acids is 1. The molecule has 0 aliphatic heterocycles. The van der Waals surface area contributed by atoms with E-state index in [1.165, 1.54) is 0 Å². The molecule has 3 aromatic rings. The van der Waals surface area contributed by atoms with E-state index < -0.39 is 5.97 Å². The maximum atomic E-state index is 11.2. The SMILES string of the molecule is Cc1nc2c(C(=O)O)ccc(-c3ccccc3)n2n1. The standard InChI is InChI=1S/C14H11N3O2/c1-9-15-13-11(14(18)19)7-8-12(17(13)16-9)10-5-3-2-4-6-10/h2-8H,1H3,(H,18,19). The Hall–Kier alpha value is -2.69. The normalized spacial score (nSPS) is 10.8. The number of hydrogen-bond acceptors (Lipinski definition) is 3. The maximum Gasteiger partial charge on any atom is 0.339 e. The quantitative estimate of drug-likeness (QED) is 0.761. The number of rotatable bonds is 2. The first-order valence-electron chi connectivity index (χ1n) is 5.82. The molecule has 3 rings (SSSR count). The van der Waals surface area contributed by atoms with E-state index in [0.717, 1.165) is 11.3 Å². The summed E-state index contributed by atoms with van der Waals surface area (Å²) < 4.78 is 1.58. The lowest BCUT2D eigenvalue weighted by atomic mass is 10.1. The summed E-state index contributed by atoms with van der Waals surface area (Å²) in [5.41, 5.74) is 2.31. The molecule has 0 amide bonds. The summed E-state index contributed by atoms with van der Waals surface area (Å²) in [4.78, 5) is 15.4. The minimum atomic E-state index is -1.00. The minimum Gasteiger partial charge on any atom is -0.478 e. The fourth-order valence-corrected chi connectivity index (χ4v) is 2.06. The van der Waals surface area contributed by atoms with E-state index in [4.69, 9.17) is 0 Å². The summed E-state index contributed by atoms with van der Waals surface area (Å²) in [5.74, 6) is -0.456. The van der Waals surface area contributed by atoms with E-state index >= 15 is 0 Å². The average molecular weight is 253 g/mol. The highest BCUT2D eigenvalue weighted by atomic mass is 16.4. The number of aryl methyl sites for hydroxylation is 1. The molecule has 2 aromatic heterocycles. The van der Waals surface area contributed by atoms with Crippen LogP contribution in [-0.2, 0) is 0 Å². The highest BCUT2D eigenvalue weighted by molar-refractivity contribution is 5.95. The van der Waals surface area contributed by atoms with Crippen LogP contribution in [0.15, 0.2) is 42.5 Å². The van der Waals surface area contributed by atoms with Crippen molar-refractivity contribution in [2.45, 2.75) is 6.92 Å². The van der Waals surface area contributed by atoms with Crippen molar-refractivity contribution in [3.63, 3.8) is 0 Å². The topological polar surface area (TPSA) is 67.5 Å². The highest BCUT2D eigenvalue weighted by Crippen LogP contribution is 2.22. The van der Waals surface area contributed by atoms with Gasteiger partial charge in [0.25, 0.3) is 0 Å². The molecule has 0 unspecified atom stereocenters. The molecule has 1 N–H and O–H groups in total. The summed E-state index contributed by atoms with van der Waals surface area (Å²) in [6.45, 7) is 1.74. The van der Waals surface area contributed by atoms with Crippen LogP contribution in [0.4, 0.5) is 0 Å². The third kappa shape index (κ3) is 1.85. The smallest absolute Gasteiger partial charge is 0.339 e. The van der Waals surface area contributed by atoms with E-state index in [0.29, 0.717) is 11.5 Å². The molecule has 2 heterocycles. The molecule has 0 fully saturated rings. The predicted molar refractivity (Wildman–Crippen MR) is 70.1 cm³/mol. The lowest BCUT2D eigenvalue weighted by Crippen LogP contribution is -2.03. The molecule has 0 aliphatic rings. The zero-order valence-corrected chi connectivity index (χ0v) is 10.2. The molecule has 5 nitrogen and oxygen atoms in total. The molecule has 0 radical (unpaired) electrons. The number of benzene rings is 1. The van der Waals surface area contributed by atoms with Crippen molar-refractivity contribution in [1.29, 1.82) is 0 Å². The zero-order valence-electron chi connectivity index (χ0n) is 10.2. The lowest BCUT2D eigenvalue weighted by molar-refractivity contribution is 0.0698. The second-order valence-corrected chi connectivity index (χ2v) is 4.20. The van der Waals surface area contributed by atoms with Crippen molar-refractivity contribution < 1.29 is 9.90 Å². The van der Waals surface area contributed by atoms with Crippen LogP contribution in [0, 0.1) is 6.92 Å². The van der Waals surface area contributed by atoms with Crippen LogP contribution in [0.5, 0.6) is 0 Å². The number of fused-ring (bicyclic) bond motifs is 1. The fraction of sp³-hybridized carbons (Fsp3) is 0.0714. The van der Waals surface area contributed by atoms with Gasteiger partial charge in [-0.15, -0.1) is 0 Å². The van der Waals surface area contributed by atoms with Crippen molar-refractivity contribution in [2.24, 2.45) is 0 Å². The lowest BCUT2D eigenvalue weighted by Gasteiger charge is -2.05. The van der Waals surface area contributed by atoms with E-state index in [2.05, 4.69) is 10.1 Å². The van der Waals surface area contributed by atoms with Gasteiger partial charge in [-0.05, 0) is 19.1 Å². The van der Waals surface area contributed by atoms with E-state index in [1.54, 1.807) is 23.6 Å². The van der Waals surface area contributed by atoms with Crippen molar-refractivity contribution in [3.05, 3.63) is 53.9 Å². The van der Waals surface area contributed by atoms with Gasteiger partial charge < -0.3 is 5.11 Å². The Labute approximate surface area is 109 Å². The molecular weight excluding hydrogens is 242 g/mol. The van der Waals surface area contributed by atoms with Gasteiger partial charge in [0.2, 0.25) is 0 Å². The average Bonchev–Trinajstić information content (AvgIpc) is 2.79. The number of carboxylic acid groups (broad SMARTS) is 1. The Bertz CT molecular complexity index is 763. The largest absolute Gasteiger partial charge is 0.478 e. The number of pyridine rings is 1. The van der Waals surface area contributed by atoms with Crippen molar-refractivity contribution in [1.82, 2.24) is 14.6 Å². The zero-order chi connectivity index (χ0) is 13.4. The van der Waals surface area contributed by atoms with Crippen molar-refractivity contribution in [3.8, 4) is 11.3 Å². The molecule has 19 heavy (non-hydrogen) atoms. The number of hydrogen-bond donors (Lipinski definition) is 1. The summed E-state index contributed by atoms with van der Waals surface area (Å²) in [6.07, 6.45) is 0.